The second kappa shape index (κ2) is 7.34. The van der Waals surface area contributed by atoms with Crippen LogP contribution in [-0.4, -0.2) is 18.4 Å². The van der Waals surface area contributed by atoms with Gasteiger partial charge in [0.05, 0.1) is 5.56 Å². The van der Waals surface area contributed by atoms with Gasteiger partial charge in [0.1, 0.15) is 22.9 Å². The number of fused-ring (bicyclic) bond motifs is 3. The van der Waals surface area contributed by atoms with Crippen molar-refractivity contribution < 1.29 is 23.1 Å². The molecular weight excluding hydrogens is 363 g/mol. The Morgan fingerprint density at radius 3 is 2.79 bits per heavy atom. The highest BCUT2D eigenvalue weighted by molar-refractivity contribution is 5.97. The largest absolute Gasteiger partial charge is 0.484 e. The first-order chi connectivity index (χ1) is 13.5. The Kier molecular flexibility index (Phi) is 4.73. The molecular formula is C21H19FN2O4. The van der Waals surface area contributed by atoms with Crippen LogP contribution in [0.2, 0.25) is 0 Å². The zero-order valence-electron chi connectivity index (χ0n) is 15.1. The van der Waals surface area contributed by atoms with Gasteiger partial charge in [-0.2, -0.15) is 0 Å². The van der Waals surface area contributed by atoms with E-state index in [2.05, 4.69) is 5.32 Å². The number of nitrogens with one attached hydrogen (secondary N) is 1. The number of carbonyl (C=O) groups excluding carboxylic acids is 2. The number of anilines is 1. The monoisotopic (exact) mass is 382 g/mol. The maximum atomic E-state index is 13.5. The smallest absolute Gasteiger partial charge is 0.262 e. The van der Waals surface area contributed by atoms with Gasteiger partial charge in [-0.1, -0.05) is 0 Å². The van der Waals surface area contributed by atoms with Crippen molar-refractivity contribution in [3.63, 3.8) is 0 Å². The van der Waals surface area contributed by atoms with Gasteiger partial charge in [0.2, 0.25) is 0 Å². The molecule has 6 nitrogen and oxygen atoms in total. The summed E-state index contributed by atoms with van der Waals surface area (Å²) in [7, 11) is 0. The molecule has 0 aliphatic heterocycles. The molecule has 0 atom stereocenters. The van der Waals surface area contributed by atoms with Crippen molar-refractivity contribution in [2.24, 2.45) is 5.73 Å². The maximum absolute atomic E-state index is 13.5. The number of aryl methyl sites for hydroxylation is 2. The first-order valence-electron chi connectivity index (χ1n) is 9.07. The SMILES string of the molecule is NC(=O)c1cc(NC(=O)COc2ccc3oc4c(c3c2)CCCC4)ccc1F. The molecule has 1 aromatic heterocycles. The molecule has 144 valence electrons. The molecule has 0 spiro atoms. The Hall–Kier alpha value is -3.35. The van der Waals surface area contributed by atoms with Crippen molar-refractivity contribution in [1.29, 1.82) is 0 Å². The lowest BCUT2D eigenvalue weighted by atomic mass is 9.96. The second-order valence-electron chi connectivity index (χ2n) is 6.76. The molecule has 7 heteroatoms. The summed E-state index contributed by atoms with van der Waals surface area (Å²) in [6, 6.07) is 9.11. The van der Waals surface area contributed by atoms with E-state index in [1.807, 2.05) is 12.1 Å². The van der Waals surface area contributed by atoms with E-state index in [4.69, 9.17) is 14.9 Å². The lowest BCUT2D eigenvalue weighted by Crippen LogP contribution is -2.21. The van der Waals surface area contributed by atoms with E-state index in [0.29, 0.717) is 5.75 Å². The minimum Gasteiger partial charge on any atom is -0.484 e. The number of nitrogens with two attached hydrogens (primary N) is 1. The summed E-state index contributed by atoms with van der Waals surface area (Å²) < 4.78 is 25.0. The van der Waals surface area contributed by atoms with Gasteiger partial charge in [0, 0.05) is 23.1 Å². The number of halogens is 1. The molecule has 0 unspecified atom stereocenters. The number of furan rings is 1. The first kappa shape index (κ1) is 18.0. The van der Waals surface area contributed by atoms with Crippen LogP contribution in [0.3, 0.4) is 0 Å². The molecule has 0 saturated heterocycles. The lowest BCUT2D eigenvalue weighted by Gasteiger charge is -2.10. The topological polar surface area (TPSA) is 94.6 Å². The van der Waals surface area contributed by atoms with E-state index in [9.17, 15) is 14.0 Å². The number of hydrogen-bond acceptors (Lipinski definition) is 4. The van der Waals surface area contributed by atoms with Crippen LogP contribution < -0.4 is 15.8 Å². The highest BCUT2D eigenvalue weighted by Crippen LogP contribution is 2.33. The van der Waals surface area contributed by atoms with E-state index in [1.54, 1.807) is 6.07 Å². The van der Waals surface area contributed by atoms with Crippen LogP contribution in [-0.2, 0) is 17.6 Å². The predicted octanol–water partition coefficient (Wildman–Crippen LogP) is 3.57. The quantitative estimate of drug-likeness (QED) is 0.705. The number of amides is 2. The summed E-state index contributed by atoms with van der Waals surface area (Å²) >= 11 is 0. The van der Waals surface area contributed by atoms with Crippen LogP contribution >= 0.6 is 0 Å². The van der Waals surface area contributed by atoms with Crippen molar-refractivity contribution in [2.45, 2.75) is 25.7 Å². The van der Waals surface area contributed by atoms with Gasteiger partial charge in [-0.25, -0.2) is 4.39 Å². The van der Waals surface area contributed by atoms with Crippen LogP contribution in [0.1, 0.15) is 34.5 Å². The highest BCUT2D eigenvalue weighted by atomic mass is 19.1. The zero-order chi connectivity index (χ0) is 19.7. The molecule has 3 aromatic rings. The highest BCUT2D eigenvalue weighted by Gasteiger charge is 2.18. The van der Waals surface area contributed by atoms with Gasteiger partial charge in [0.15, 0.2) is 6.61 Å². The van der Waals surface area contributed by atoms with Crippen molar-refractivity contribution in [3.05, 3.63) is 59.1 Å². The molecule has 1 heterocycles. The summed E-state index contributed by atoms with van der Waals surface area (Å²) in [5, 5.41) is 3.59. The molecule has 2 aromatic carbocycles. The van der Waals surface area contributed by atoms with Gasteiger partial charge in [-0.05, 0) is 55.7 Å². The minimum atomic E-state index is -0.901. The van der Waals surface area contributed by atoms with Crippen LogP contribution in [0.15, 0.2) is 40.8 Å². The summed E-state index contributed by atoms with van der Waals surface area (Å²) in [5.41, 5.74) is 7.14. The Balaban J connectivity index is 1.43. The Morgan fingerprint density at radius 2 is 1.96 bits per heavy atom. The van der Waals surface area contributed by atoms with Crippen molar-refractivity contribution >= 4 is 28.5 Å². The number of benzene rings is 2. The van der Waals surface area contributed by atoms with E-state index in [1.165, 1.54) is 17.7 Å². The van der Waals surface area contributed by atoms with Gasteiger partial charge >= 0.3 is 0 Å². The third kappa shape index (κ3) is 3.55. The number of carbonyl (C=O) groups is 2. The van der Waals surface area contributed by atoms with Crippen molar-refractivity contribution in [3.8, 4) is 5.75 Å². The fourth-order valence-electron chi connectivity index (χ4n) is 3.47. The molecule has 0 bridgehead atoms. The van der Waals surface area contributed by atoms with Crippen LogP contribution in [0.5, 0.6) is 5.75 Å². The Labute approximate surface area is 160 Å². The van der Waals surface area contributed by atoms with Gasteiger partial charge < -0.3 is 20.2 Å². The summed E-state index contributed by atoms with van der Waals surface area (Å²) in [4.78, 5) is 23.3. The fourth-order valence-corrected chi connectivity index (χ4v) is 3.47. The van der Waals surface area contributed by atoms with Gasteiger partial charge in [-0.3, -0.25) is 9.59 Å². The summed E-state index contributed by atoms with van der Waals surface area (Å²) in [5.74, 6) is -0.470. The molecule has 1 aliphatic rings. The normalized spacial score (nSPS) is 13.2. The van der Waals surface area contributed by atoms with Crippen LogP contribution in [0, 0.1) is 5.82 Å². The van der Waals surface area contributed by atoms with Crippen LogP contribution in [0.4, 0.5) is 10.1 Å². The summed E-state index contributed by atoms with van der Waals surface area (Å²) in [6.07, 6.45) is 4.21. The third-order valence-corrected chi connectivity index (χ3v) is 4.81. The fraction of sp³-hybridized carbons (Fsp3) is 0.238. The lowest BCUT2D eigenvalue weighted by molar-refractivity contribution is -0.118. The van der Waals surface area contributed by atoms with Gasteiger partial charge in [-0.15, -0.1) is 0 Å². The minimum absolute atomic E-state index is 0.227. The average molecular weight is 382 g/mol. The number of hydrogen-bond donors (Lipinski definition) is 2. The molecule has 2 amide bonds. The average Bonchev–Trinajstić information content (AvgIpc) is 3.05. The molecule has 4 rings (SSSR count). The van der Waals surface area contributed by atoms with E-state index in [-0.39, 0.29) is 17.9 Å². The molecule has 0 saturated carbocycles. The Morgan fingerprint density at radius 1 is 1.14 bits per heavy atom. The van der Waals surface area contributed by atoms with Crippen molar-refractivity contribution in [2.75, 3.05) is 11.9 Å². The molecule has 0 radical (unpaired) electrons. The molecule has 3 N–H and O–H groups in total. The van der Waals surface area contributed by atoms with Gasteiger partial charge in [0.25, 0.3) is 11.8 Å². The first-order valence-corrected chi connectivity index (χ1v) is 9.07. The van der Waals surface area contributed by atoms with Crippen LogP contribution in [0.25, 0.3) is 11.0 Å². The van der Waals surface area contributed by atoms with E-state index < -0.39 is 17.6 Å². The summed E-state index contributed by atoms with van der Waals surface area (Å²) in [6.45, 7) is -0.227. The number of primary amides is 1. The van der Waals surface area contributed by atoms with E-state index >= 15 is 0 Å². The standard InChI is InChI=1S/C21H19FN2O4/c22-17-7-5-12(9-16(17)21(23)26)24-20(25)11-27-13-6-8-19-15(10-13)14-3-1-2-4-18(14)28-19/h5-10H,1-4,11H2,(H2,23,26)(H,24,25). The molecule has 1 aliphatic carbocycles. The second-order valence-corrected chi connectivity index (χ2v) is 6.76. The molecule has 28 heavy (non-hydrogen) atoms. The Bertz CT molecular complexity index is 1070. The third-order valence-electron chi connectivity index (χ3n) is 4.81. The maximum Gasteiger partial charge on any atom is 0.262 e. The van der Waals surface area contributed by atoms with Crippen molar-refractivity contribution in [1.82, 2.24) is 0 Å². The molecule has 0 fully saturated rings. The number of ether oxygens (including phenoxy) is 1. The predicted molar refractivity (Wildman–Crippen MR) is 102 cm³/mol. The van der Waals surface area contributed by atoms with E-state index in [0.717, 1.165) is 48.5 Å². The zero-order valence-corrected chi connectivity index (χ0v) is 15.1. The number of rotatable bonds is 5.